The van der Waals surface area contributed by atoms with Crippen LogP contribution in [0, 0.1) is 0 Å². The standard InChI is InChI=1S/C18H25N4O2S/c1-18(2,3)24-17(23)22(4)10-8-21(9-11-22)16-14(6-5-7-19-16)15-12-25-13-20-15/h5-7,12-13H,8-11H2,1-4H3/q+1. The van der Waals surface area contributed by atoms with Gasteiger partial charge in [-0.25, -0.2) is 14.5 Å². The normalized spacial score (nSPS) is 17.4. The zero-order chi connectivity index (χ0) is 18.1. The molecule has 6 nitrogen and oxygen atoms in total. The Morgan fingerprint density at radius 1 is 1.28 bits per heavy atom. The molecule has 1 aliphatic rings. The molecule has 0 atom stereocenters. The first kappa shape index (κ1) is 17.8. The summed E-state index contributed by atoms with van der Waals surface area (Å²) in [7, 11) is 1.95. The molecule has 0 N–H and O–H groups in total. The molecule has 1 amide bonds. The third kappa shape index (κ3) is 3.99. The highest BCUT2D eigenvalue weighted by molar-refractivity contribution is 7.07. The minimum Gasteiger partial charge on any atom is -0.414 e. The molecule has 0 bridgehead atoms. The van der Waals surface area contributed by atoms with Crippen LogP contribution in [0.5, 0.6) is 0 Å². The first-order chi connectivity index (χ1) is 11.8. The number of hydrogen-bond acceptors (Lipinski definition) is 6. The Kier molecular flexibility index (Phi) is 4.79. The number of carbonyl (C=O) groups excluding carboxylic acids is 1. The molecule has 0 aromatic carbocycles. The van der Waals surface area contributed by atoms with Crippen molar-refractivity contribution in [2.24, 2.45) is 0 Å². The van der Waals surface area contributed by atoms with Crippen molar-refractivity contribution in [3.8, 4) is 11.3 Å². The Morgan fingerprint density at radius 3 is 2.60 bits per heavy atom. The van der Waals surface area contributed by atoms with Crippen LogP contribution in [0.25, 0.3) is 11.3 Å². The third-order valence-electron chi connectivity index (χ3n) is 4.36. The van der Waals surface area contributed by atoms with E-state index >= 15 is 0 Å². The number of likely N-dealkylation sites (N-methyl/N-ethyl adjacent to an activating group) is 1. The third-order valence-corrected chi connectivity index (χ3v) is 4.94. The number of hydrogen-bond donors (Lipinski definition) is 0. The highest BCUT2D eigenvalue weighted by atomic mass is 32.1. The lowest BCUT2D eigenvalue weighted by molar-refractivity contribution is -0.839. The van der Waals surface area contributed by atoms with Crippen molar-refractivity contribution < 1.29 is 14.0 Å². The molecule has 3 rings (SSSR count). The van der Waals surface area contributed by atoms with E-state index in [1.54, 1.807) is 11.3 Å². The van der Waals surface area contributed by atoms with E-state index in [0.29, 0.717) is 17.6 Å². The first-order valence-electron chi connectivity index (χ1n) is 8.45. The monoisotopic (exact) mass is 361 g/mol. The van der Waals surface area contributed by atoms with Gasteiger partial charge < -0.3 is 9.64 Å². The predicted octanol–water partition coefficient (Wildman–Crippen LogP) is 3.41. The van der Waals surface area contributed by atoms with Gasteiger partial charge in [-0.1, -0.05) is 0 Å². The van der Waals surface area contributed by atoms with Gasteiger partial charge in [-0.05, 0) is 32.9 Å². The van der Waals surface area contributed by atoms with Crippen LogP contribution in [-0.4, -0.2) is 59.4 Å². The number of rotatable bonds is 2. The van der Waals surface area contributed by atoms with Gasteiger partial charge in [0.15, 0.2) is 0 Å². The van der Waals surface area contributed by atoms with Crippen molar-refractivity contribution in [1.82, 2.24) is 9.97 Å². The van der Waals surface area contributed by atoms with Crippen LogP contribution in [0.2, 0.25) is 0 Å². The summed E-state index contributed by atoms with van der Waals surface area (Å²) in [4.78, 5) is 23.8. The number of quaternary nitrogens is 1. The molecule has 3 heterocycles. The van der Waals surface area contributed by atoms with Crippen LogP contribution in [0.3, 0.4) is 0 Å². The number of amides is 1. The van der Waals surface area contributed by atoms with Crippen LogP contribution in [-0.2, 0) is 4.74 Å². The fraction of sp³-hybridized carbons (Fsp3) is 0.500. The quantitative estimate of drug-likeness (QED) is 0.767. The molecule has 1 aliphatic heterocycles. The molecule has 0 spiro atoms. The number of carbonyl (C=O) groups is 1. The topological polar surface area (TPSA) is 55.3 Å². The van der Waals surface area contributed by atoms with Crippen molar-refractivity contribution in [1.29, 1.82) is 0 Å². The van der Waals surface area contributed by atoms with Crippen LogP contribution >= 0.6 is 11.3 Å². The van der Waals surface area contributed by atoms with E-state index < -0.39 is 5.60 Å². The summed E-state index contributed by atoms with van der Waals surface area (Å²) in [6, 6.07) is 3.98. The maximum Gasteiger partial charge on any atom is 0.516 e. The minimum atomic E-state index is -0.464. The number of piperazine rings is 1. The van der Waals surface area contributed by atoms with E-state index in [2.05, 4.69) is 14.9 Å². The molecular formula is C18H25N4O2S+. The smallest absolute Gasteiger partial charge is 0.414 e. The fourth-order valence-corrected chi connectivity index (χ4v) is 3.42. The summed E-state index contributed by atoms with van der Waals surface area (Å²) >= 11 is 1.58. The number of thiazole rings is 1. The molecule has 0 aliphatic carbocycles. The van der Waals surface area contributed by atoms with Gasteiger partial charge in [0.05, 0.1) is 31.3 Å². The van der Waals surface area contributed by atoms with Gasteiger partial charge in [0.25, 0.3) is 0 Å². The summed E-state index contributed by atoms with van der Waals surface area (Å²) in [5, 5.41) is 2.03. The molecule has 25 heavy (non-hydrogen) atoms. The number of nitrogens with zero attached hydrogens (tertiary/aromatic N) is 4. The molecule has 1 saturated heterocycles. The van der Waals surface area contributed by atoms with Crippen LogP contribution in [0.15, 0.2) is 29.2 Å². The zero-order valence-corrected chi connectivity index (χ0v) is 16.0. The van der Waals surface area contributed by atoms with Crippen molar-refractivity contribution in [2.45, 2.75) is 26.4 Å². The Morgan fingerprint density at radius 2 is 2.00 bits per heavy atom. The molecule has 1 fully saturated rings. The molecular weight excluding hydrogens is 336 g/mol. The summed E-state index contributed by atoms with van der Waals surface area (Å²) in [5.41, 5.74) is 3.35. The van der Waals surface area contributed by atoms with E-state index in [9.17, 15) is 4.79 Å². The molecule has 0 radical (unpaired) electrons. The second kappa shape index (κ2) is 6.72. The molecule has 2 aromatic rings. The van der Waals surface area contributed by atoms with E-state index in [1.165, 1.54) is 0 Å². The minimum absolute atomic E-state index is 0.159. The first-order valence-corrected chi connectivity index (χ1v) is 9.39. The molecule has 2 aromatic heterocycles. The number of ether oxygens (including phenoxy) is 1. The van der Waals surface area contributed by atoms with E-state index in [1.807, 2.05) is 57.0 Å². The van der Waals surface area contributed by atoms with E-state index in [-0.39, 0.29) is 6.09 Å². The lowest BCUT2D eigenvalue weighted by Gasteiger charge is -2.40. The largest absolute Gasteiger partial charge is 0.516 e. The lowest BCUT2D eigenvalue weighted by Crippen LogP contribution is -2.61. The summed E-state index contributed by atoms with van der Waals surface area (Å²) in [6.07, 6.45) is 1.65. The predicted molar refractivity (Wildman–Crippen MR) is 99.7 cm³/mol. The van der Waals surface area contributed by atoms with Crippen LogP contribution in [0.1, 0.15) is 20.8 Å². The molecule has 0 unspecified atom stereocenters. The van der Waals surface area contributed by atoms with Crippen molar-refractivity contribution in [2.75, 3.05) is 38.1 Å². The van der Waals surface area contributed by atoms with Gasteiger partial charge in [-0.3, -0.25) is 0 Å². The van der Waals surface area contributed by atoms with Gasteiger partial charge in [0.2, 0.25) is 0 Å². The van der Waals surface area contributed by atoms with Crippen LogP contribution in [0.4, 0.5) is 10.6 Å². The second-order valence-corrected chi connectivity index (χ2v) is 8.28. The SMILES string of the molecule is CC(C)(C)OC(=O)[N+]1(C)CCN(c2ncccc2-c2cscn2)CC1. The maximum absolute atomic E-state index is 12.5. The van der Waals surface area contributed by atoms with Gasteiger partial charge >= 0.3 is 6.09 Å². The second-order valence-electron chi connectivity index (χ2n) is 7.56. The van der Waals surface area contributed by atoms with Gasteiger partial charge in [-0.2, -0.15) is 4.79 Å². The van der Waals surface area contributed by atoms with Gasteiger partial charge in [0.1, 0.15) is 24.5 Å². The lowest BCUT2D eigenvalue weighted by atomic mass is 10.1. The van der Waals surface area contributed by atoms with Gasteiger partial charge in [0, 0.05) is 17.1 Å². The summed E-state index contributed by atoms with van der Waals surface area (Å²) < 4.78 is 5.89. The van der Waals surface area contributed by atoms with Crippen molar-refractivity contribution in [3.05, 3.63) is 29.2 Å². The number of anilines is 1. The fourth-order valence-electron chi connectivity index (χ4n) is 2.87. The van der Waals surface area contributed by atoms with E-state index in [4.69, 9.17) is 4.74 Å². The molecule has 134 valence electrons. The Bertz CT molecular complexity index is 732. The Hall–Kier alpha value is -1.99. The van der Waals surface area contributed by atoms with Crippen molar-refractivity contribution >= 4 is 23.2 Å². The average Bonchev–Trinajstić information content (AvgIpc) is 3.08. The summed E-state index contributed by atoms with van der Waals surface area (Å²) in [6.45, 7) is 8.61. The zero-order valence-electron chi connectivity index (χ0n) is 15.2. The number of aromatic nitrogens is 2. The average molecular weight is 361 g/mol. The highest BCUT2D eigenvalue weighted by Crippen LogP contribution is 2.30. The molecule has 7 heteroatoms. The summed E-state index contributed by atoms with van der Waals surface area (Å²) in [5.74, 6) is 0.934. The highest BCUT2D eigenvalue weighted by Gasteiger charge is 2.40. The maximum atomic E-state index is 12.5. The molecule has 0 saturated carbocycles. The Labute approximate surface area is 152 Å². The van der Waals surface area contributed by atoms with Crippen molar-refractivity contribution in [3.63, 3.8) is 0 Å². The van der Waals surface area contributed by atoms with E-state index in [0.717, 1.165) is 30.2 Å². The van der Waals surface area contributed by atoms with Crippen LogP contribution < -0.4 is 4.90 Å². The van der Waals surface area contributed by atoms with Gasteiger partial charge in [-0.15, -0.1) is 11.3 Å². The number of pyridine rings is 1. The Balaban J connectivity index is 1.74.